The lowest BCUT2D eigenvalue weighted by Gasteiger charge is -2.16. The minimum Gasteiger partial charge on any atom is -0.337 e. The number of hydrogen-bond acceptors (Lipinski definition) is 4. The molecule has 1 fully saturated rings. The molecule has 18 heavy (non-hydrogen) atoms. The molecule has 0 aromatic heterocycles. The van der Waals surface area contributed by atoms with Gasteiger partial charge in [0.15, 0.2) is 0 Å². The summed E-state index contributed by atoms with van der Waals surface area (Å²) in [6, 6.07) is 6.37. The van der Waals surface area contributed by atoms with Gasteiger partial charge in [0.1, 0.15) is 0 Å². The third kappa shape index (κ3) is 2.33. The minimum absolute atomic E-state index is 0.00986. The number of hydrogen-bond donors (Lipinski definition) is 1. The summed E-state index contributed by atoms with van der Waals surface area (Å²) in [6.07, 6.45) is 0.746. The summed E-state index contributed by atoms with van der Waals surface area (Å²) in [5, 5.41) is 13.8. The van der Waals surface area contributed by atoms with E-state index in [1.54, 1.807) is 30.1 Å². The number of nitro benzene ring substituents is 1. The quantitative estimate of drug-likeness (QED) is 0.636. The average Bonchev–Trinajstić information content (AvgIpc) is 2.71. The molecule has 1 aliphatic rings. The molecule has 0 bridgehead atoms. The fourth-order valence-electron chi connectivity index (χ4n) is 2.19. The molecule has 1 aliphatic heterocycles. The van der Waals surface area contributed by atoms with Crippen molar-refractivity contribution in [3.8, 4) is 0 Å². The van der Waals surface area contributed by atoms with Crippen molar-refractivity contribution >= 4 is 11.6 Å². The predicted octanol–water partition coefficient (Wildman–Crippen LogP) is 0.915. The Hall–Kier alpha value is -1.95. The summed E-state index contributed by atoms with van der Waals surface area (Å²) in [7, 11) is 1.75. The molecule has 1 heterocycles. The Balaban J connectivity index is 2.16. The summed E-state index contributed by atoms with van der Waals surface area (Å²) in [4.78, 5) is 24.0. The van der Waals surface area contributed by atoms with Crippen molar-refractivity contribution in [2.24, 2.45) is 0 Å². The van der Waals surface area contributed by atoms with E-state index in [9.17, 15) is 14.9 Å². The van der Waals surface area contributed by atoms with Crippen molar-refractivity contribution in [2.75, 3.05) is 13.6 Å². The summed E-state index contributed by atoms with van der Waals surface area (Å²) in [6.45, 7) is 0.935. The van der Waals surface area contributed by atoms with Crippen molar-refractivity contribution in [1.82, 2.24) is 10.2 Å². The van der Waals surface area contributed by atoms with Gasteiger partial charge in [0.05, 0.1) is 17.5 Å². The van der Waals surface area contributed by atoms with Crippen LogP contribution in [0.1, 0.15) is 12.0 Å². The van der Waals surface area contributed by atoms with Gasteiger partial charge in [0.25, 0.3) is 5.69 Å². The number of rotatable bonds is 4. The number of carbonyl (C=O) groups excluding carboxylic acids is 1. The van der Waals surface area contributed by atoms with Gasteiger partial charge >= 0.3 is 0 Å². The number of nitrogens with one attached hydrogen (secondary N) is 1. The number of nitro groups is 1. The Labute approximate surface area is 105 Å². The largest absolute Gasteiger partial charge is 0.337 e. The van der Waals surface area contributed by atoms with Gasteiger partial charge in [-0.1, -0.05) is 18.2 Å². The van der Waals surface area contributed by atoms with Gasteiger partial charge in [-0.2, -0.15) is 0 Å². The smallest absolute Gasteiger partial charge is 0.274 e. The van der Waals surface area contributed by atoms with E-state index >= 15 is 0 Å². The van der Waals surface area contributed by atoms with Crippen molar-refractivity contribution in [1.29, 1.82) is 0 Å². The van der Waals surface area contributed by atoms with Crippen molar-refractivity contribution in [3.05, 3.63) is 39.9 Å². The summed E-state index contributed by atoms with van der Waals surface area (Å²) >= 11 is 0. The Morgan fingerprint density at radius 2 is 2.22 bits per heavy atom. The van der Waals surface area contributed by atoms with E-state index < -0.39 is 4.92 Å². The third-order valence-corrected chi connectivity index (χ3v) is 3.20. The standard InChI is InChI=1S/C12H15N3O3/c1-13-10-6-7-14(12(10)16)8-9-4-2-3-5-11(9)15(17)18/h2-5,10,13H,6-8H2,1H3. The zero-order valence-electron chi connectivity index (χ0n) is 10.1. The first-order valence-corrected chi connectivity index (χ1v) is 5.82. The van der Waals surface area contributed by atoms with Crippen LogP contribution in [0.4, 0.5) is 5.69 Å². The van der Waals surface area contributed by atoms with E-state index in [0.29, 0.717) is 18.7 Å². The highest BCUT2D eigenvalue weighted by molar-refractivity contribution is 5.84. The normalized spacial score (nSPS) is 19.3. The number of para-hydroxylation sites is 1. The van der Waals surface area contributed by atoms with Gasteiger partial charge in [-0.3, -0.25) is 14.9 Å². The van der Waals surface area contributed by atoms with E-state index in [2.05, 4.69) is 5.32 Å². The Morgan fingerprint density at radius 1 is 1.50 bits per heavy atom. The maximum absolute atomic E-state index is 11.9. The van der Waals surface area contributed by atoms with Crippen LogP contribution in [0.2, 0.25) is 0 Å². The maximum atomic E-state index is 11.9. The fraction of sp³-hybridized carbons (Fsp3) is 0.417. The van der Waals surface area contributed by atoms with E-state index in [4.69, 9.17) is 0 Å². The molecular weight excluding hydrogens is 234 g/mol. The molecule has 2 rings (SSSR count). The van der Waals surface area contributed by atoms with Gasteiger partial charge in [-0.25, -0.2) is 0 Å². The SMILES string of the molecule is CNC1CCN(Cc2ccccc2[N+](=O)[O-])C1=O. The van der Waals surface area contributed by atoms with E-state index in [-0.39, 0.29) is 17.6 Å². The number of nitrogens with zero attached hydrogens (tertiary/aromatic N) is 2. The molecule has 6 nitrogen and oxygen atoms in total. The number of carbonyl (C=O) groups is 1. The molecule has 6 heteroatoms. The monoisotopic (exact) mass is 249 g/mol. The molecule has 0 saturated carbocycles. The summed E-state index contributed by atoms with van der Waals surface area (Å²) in [5.41, 5.74) is 0.644. The first-order chi connectivity index (χ1) is 8.63. The minimum atomic E-state index is -0.411. The van der Waals surface area contributed by atoms with Crippen LogP contribution in [0.15, 0.2) is 24.3 Å². The van der Waals surface area contributed by atoms with Crippen LogP contribution in [0.5, 0.6) is 0 Å². The highest BCUT2D eigenvalue weighted by Gasteiger charge is 2.31. The molecule has 0 radical (unpaired) electrons. The van der Waals surface area contributed by atoms with Gasteiger partial charge in [-0.15, -0.1) is 0 Å². The predicted molar refractivity (Wildman–Crippen MR) is 66.0 cm³/mol. The lowest BCUT2D eigenvalue weighted by Crippen LogP contribution is -2.36. The Kier molecular flexibility index (Phi) is 3.57. The molecule has 1 atom stereocenters. The molecular formula is C12H15N3O3. The van der Waals surface area contributed by atoms with Crippen LogP contribution in [0.3, 0.4) is 0 Å². The van der Waals surface area contributed by atoms with Gasteiger partial charge in [-0.05, 0) is 13.5 Å². The van der Waals surface area contributed by atoms with Crippen molar-refractivity contribution < 1.29 is 9.72 Å². The second-order valence-corrected chi connectivity index (χ2v) is 4.28. The molecule has 0 spiro atoms. The fourth-order valence-corrected chi connectivity index (χ4v) is 2.19. The van der Waals surface area contributed by atoms with Crippen LogP contribution in [-0.2, 0) is 11.3 Å². The number of likely N-dealkylation sites (N-methyl/N-ethyl adjacent to an activating group) is 1. The van der Waals surface area contributed by atoms with E-state index in [1.165, 1.54) is 6.07 Å². The lowest BCUT2D eigenvalue weighted by atomic mass is 10.1. The van der Waals surface area contributed by atoms with Gasteiger partial charge < -0.3 is 10.2 Å². The molecule has 1 saturated heterocycles. The Morgan fingerprint density at radius 3 is 2.83 bits per heavy atom. The van der Waals surface area contributed by atoms with Crippen LogP contribution < -0.4 is 5.32 Å². The molecule has 1 N–H and O–H groups in total. The lowest BCUT2D eigenvalue weighted by molar-refractivity contribution is -0.385. The van der Waals surface area contributed by atoms with Gasteiger partial charge in [0, 0.05) is 18.2 Å². The van der Waals surface area contributed by atoms with Crippen LogP contribution in [-0.4, -0.2) is 35.4 Å². The van der Waals surface area contributed by atoms with Crippen LogP contribution >= 0.6 is 0 Å². The second kappa shape index (κ2) is 5.14. The molecule has 1 amide bonds. The first-order valence-electron chi connectivity index (χ1n) is 5.82. The number of amides is 1. The zero-order chi connectivity index (χ0) is 13.1. The number of likely N-dealkylation sites (tertiary alicyclic amines) is 1. The molecule has 0 aliphatic carbocycles. The first kappa shape index (κ1) is 12.5. The van der Waals surface area contributed by atoms with E-state index in [0.717, 1.165) is 6.42 Å². The van der Waals surface area contributed by atoms with Crippen molar-refractivity contribution in [2.45, 2.75) is 19.0 Å². The highest BCUT2D eigenvalue weighted by atomic mass is 16.6. The van der Waals surface area contributed by atoms with Crippen molar-refractivity contribution in [3.63, 3.8) is 0 Å². The highest BCUT2D eigenvalue weighted by Crippen LogP contribution is 2.22. The summed E-state index contributed by atoms with van der Waals surface area (Å²) < 4.78 is 0. The molecule has 1 aromatic rings. The van der Waals surface area contributed by atoms with E-state index in [1.807, 2.05) is 0 Å². The third-order valence-electron chi connectivity index (χ3n) is 3.20. The second-order valence-electron chi connectivity index (χ2n) is 4.28. The molecule has 1 aromatic carbocycles. The number of benzene rings is 1. The van der Waals surface area contributed by atoms with Crippen LogP contribution in [0.25, 0.3) is 0 Å². The maximum Gasteiger partial charge on any atom is 0.274 e. The Bertz CT molecular complexity index is 475. The average molecular weight is 249 g/mol. The van der Waals surface area contributed by atoms with Gasteiger partial charge in [0.2, 0.25) is 5.91 Å². The molecule has 96 valence electrons. The summed E-state index contributed by atoms with van der Waals surface area (Å²) in [5.74, 6) is 0.00986. The molecule has 1 unspecified atom stereocenters. The topological polar surface area (TPSA) is 75.5 Å². The van der Waals surface area contributed by atoms with Crippen LogP contribution in [0, 0.1) is 10.1 Å². The zero-order valence-corrected chi connectivity index (χ0v) is 10.1.